The number of hydrogen-bond donors (Lipinski definition) is 1. The summed E-state index contributed by atoms with van der Waals surface area (Å²) in [5, 5.41) is 2.96. The predicted molar refractivity (Wildman–Crippen MR) is 58.8 cm³/mol. The summed E-state index contributed by atoms with van der Waals surface area (Å²) in [7, 11) is 1.71. The molecule has 0 aliphatic carbocycles. The molecule has 1 rings (SSSR count). The molecule has 0 saturated carbocycles. The summed E-state index contributed by atoms with van der Waals surface area (Å²) in [5.74, 6) is 0.255. The number of ether oxygens (including phenoxy) is 1. The number of allylic oxidation sites excluding steroid dienone is 1. The van der Waals surface area contributed by atoms with Gasteiger partial charge in [0.1, 0.15) is 18.6 Å². The van der Waals surface area contributed by atoms with Crippen LogP contribution in [0.3, 0.4) is 0 Å². The molecule has 88 valence electrons. The Bertz CT molecular complexity index is 325. The van der Waals surface area contributed by atoms with Crippen LogP contribution in [-0.4, -0.2) is 50.1 Å². The van der Waals surface area contributed by atoms with Crippen LogP contribution in [0.4, 0.5) is 0 Å². The van der Waals surface area contributed by atoms with Crippen LogP contribution in [-0.2, 0) is 14.3 Å². The Hall–Kier alpha value is -1.85. The smallest absolute Gasteiger partial charge is 0.242 e. The largest absolute Gasteiger partial charge is 0.474 e. The Labute approximate surface area is 94.0 Å². The maximum absolute atomic E-state index is 10.7. The van der Waals surface area contributed by atoms with E-state index in [1.165, 1.54) is 6.34 Å². The number of nitrogens with one attached hydrogen (secondary N) is 1. The van der Waals surface area contributed by atoms with Crippen molar-refractivity contribution in [3.63, 3.8) is 0 Å². The number of nitrogens with zero attached hydrogens (tertiary/aromatic N) is 2. The van der Waals surface area contributed by atoms with Gasteiger partial charge < -0.3 is 19.7 Å². The molecular formula is C10H15N3O3. The molecule has 1 N–H and O–H groups in total. The Morgan fingerprint density at radius 2 is 2.38 bits per heavy atom. The number of aliphatic imine (C=N–C) groups is 1. The average molecular weight is 225 g/mol. The molecule has 0 fully saturated rings. The highest BCUT2D eigenvalue weighted by Gasteiger charge is 2.17. The van der Waals surface area contributed by atoms with Crippen LogP contribution < -0.4 is 5.32 Å². The van der Waals surface area contributed by atoms with Gasteiger partial charge in [-0.15, -0.1) is 0 Å². The molecule has 0 radical (unpaired) electrons. The fraction of sp³-hybridized carbons (Fsp3) is 0.500. The van der Waals surface area contributed by atoms with Crippen molar-refractivity contribution in [1.29, 1.82) is 0 Å². The third kappa shape index (κ3) is 3.38. The van der Waals surface area contributed by atoms with E-state index >= 15 is 0 Å². The van der Waals surface area contributed by atoms with Crippen LogP contribution in [0.5, 0.6) is 0 Å². The van der Waals surface area contributed by atoms with E-state index in [4.69, 9.17) is 4.74 Å². The van der Waals surface area contributed by atoms with Gasteiger partial charge in [0.25, 0.3) is 0 Å². The van der Waals surface area contributed by atoms with Crippen LogP contribution in [0.2, 0.25) is 0 Å². The van der Waals surface area contributed by atoms with E-state index in [0.29, 0.717) is 18.6 Å². The number of likely N-dealkylation sites (N-methyl/N-ethyl adjacent to an activating group) is 1. The highest BCUT2D eigenvalue weighted by atomic mass is 16.5. The second-order valence-corrected chi connectivity index (χ2v) is 3.54. The van der Waals surface area contributed by atoms with Crippen LogP contribution in [0.1, 0.15) is 6.92 Å². The SMILES string of the molecule is CC1COC(/N=C\N(C)CC=O)=C(C=O)N1. The van der Waals surface area contributed by atoms with Crippen LogP contribution >= 0.6 is 0 Å². The van der Waals surface area contributed by atoms with Gasteiger partial charge >= 0.3 is 0 Å². The summed E-state index contributed by atoms with van der Waals surface area (Å²) < 4.78 is 5.30. The molecule has 16 heavy (non-hydrogen) atoms. The quantitative estimate of drug-likeness (QED) is 0.389. The number of rotatable bonds is 5. The standard InChI is InChI=1S/C10H15N3O3/c1-8-6-16-10(9(5-15)12-8)11-7-13(2)3-4-14/h4-5,7-8,12H,3,6H2,1-2H3/b11-7-. The fourth-order valence-electron chi connectivity index (χ4n) is 1.16. The molecular weight excluding hydrogens is 210 g/mol. The van der Waals surface area contributed by atoms with Gasteiger partial charge in [0.2, 0.25) is 5.88 Å². The highest BCUT2D eigenvalue weighted by Crippen LogP contribution is 2.10. The summed E-state index contributed by atoms with van der Waals surface area (Å²) in [6.45, 7) is 2.61. The van der Waals surface area contributed by atoms with Gasteiger partial charge in [-0.2, -0.15) is 0 Å². The molecule has 0 bridgehead atoms. The lowest BCUT2D eigenvalue weighted by atomic mass is 10.3. The zero-order chi connectivity index (χ0) is 12.0. The number of aldehydes is 2. The first-order valence-corrected chi connectivity index (χ1v) is 4.94. The summed E-state index contributed by atoms with van der Waals surface area (Å²) in [5.41, 5.74) is 0.328. The van der Waals surface area contributed by atoms with Gasteiger partial charge in [-0.1, -0.05) is 0 Å². The van der Waals surface area contributed by atoms with Crippen LogP contribution in [0.15, 0.2) is 16.6 Å². The van der Waals surface area contributed by atoms with E-state index in [2.05, 4.69) is 10.3 Å². The van der Waals surface area contributed by atoms with Crippen molar-refractivity contribution in [2.75, 3.05) is 20.2 Å². The van der Waals surface area contributed by atoms with Crippen LogP contribution in [0, 0.1) is 0 Å². The Morgan fingerprint density at radius 1 is 1.62 bits per heavy atom. The summed E-state index contributed by atoms with van der Waals surface area (Å²) >= 11 is 0. The van der Waals surface area contributed by atoms with Crippen LogP contribution in [0.25, 0.3) is 0 Å². The molecule has 1 aliphatic rings. The molecule has 6 nitrogen and oxygen atoms in total. The topological polar surface area (TPSA) is 71.0 Å². The van der Waals surface area contributed by atoms with Crippen molar-refractivity contribution in [1.82, 2.24) is 10.2 Å². The summed E-state index contributed by atoms with van der Waals surface area (Å²) in [6.07, 6.45) is 2.88. The van der Waals surface area contributed by atoms with E-state index < -0.39 is 0 Å². The second kappa shape index (κ2) is 5.89. The number of carbonyl (C=O) groups excluding carboxylic acids is 2. The molecule has 0 spiro atoms. The molecule has 0 aromatic carbocycles. The van der Waals surface area contributed by atoms with Gasteiger partial charge in [0.15, 0.2) is 6.29 Å². The highest BCUT2D eigenvalue weighted by molar-refractivity contribution is 5.74. The van der Waals surface area contributed by atoms with Gasteiger partial charge in [-0.3, -0.25) is 4.79 Å². The molecule has 0 amide bonds. The number of hydrogen-bond acceptors (Lipinski definition) is 5. The summed E-state index contributed by atoms with van der Waals surface area (Å²) in [6, 6.07) is 0.0897. The summed E-state index contributed by atoms with van der Waals surface area (Å²) in [4.78, 5) is 26.5. The van der Waals surface area contributed by atoms with Crippen molar-refractivity contribution >= 4 is 18.9 Å². The first-order chi connectivity index (χ1) is 7.67. The van der Waals surface area contributed by atoms with E-state index in [1.54, 1.807) is 11.9 Å². The first-order valence-electron chi connectivity index (χ1n) is 4.94. The van der Waals surface area contributed by atoms with Crippen molar-refractivity contribution in [2.24, 2.45) is 4.99 Å². The molecule has 6 heteroatoms. The molecule has 1 unspecified atom stereocenters. The van der Waals surface area contributed by atoms with Crippen molar-refractivity contribution in [3.05, 3.63) is 11.6 Å². The van der Waals surface area contributed by atoms with Gasteiger partial charge in [-0.05, 0) is 6.92 Å². The second-order valence-electron chi connectivity index (χ2n) is 3.54. The zero-order valence-corrected chi connectivity index (χ0v) is 9.34. The third-order valence-corrected chi connectivity index (χ3v) is 1.95. The van der Waals surface area contributed by atoms with Crippen molar-refractivity contribution in [2.45, 2.75) is 13.0 Å². The lowest BCUT2D eigenvalue weighted by Gasteiger charge is -2.23. The van der Waals surface area contributed by atoms with Gasteiger partial charge in [0, 0.05) is 7.05 Å². The monoisotopic (exact) mass is 225 g/mol. The van der Waals surface area contributed by atoms with E-state index in [1.807, 2.05) is 6.92 Å². The molecule has 0 aromatic heterocycles. The Balaban J connectivity index is 2.70. The minimum Gasteiger partial charge on any atom is -0.474 e. The van der Waals surface area contributed by atoms with E-state index in [-0.39, 0.29) is 18.5 Å². The lowest BCUT2D eigenvalue weighted by molar-refractivity contribution is -0.108. The molecule has 0 aromatic rings. The Morgan fingerprint density at radius 3 is 3.00 bits per heavy atom. The molecule has 1 aliphatic heterocycles. The zero-order valence-electron chi connectivity index (χ0n) is 9.34. The van der Waals surface area contributed by atoms with Gasteiger partial charge in [-0.25, -0.2) is 4.99 Å². The Kier molecular flexibility index (Phi) is 4.50. The normalized spacial score (nSPS) is 20.2. The molecule has 1 atom stereocenters. The lowest BCUT2D eigenvalue weighted by Crippen LogP contribution is -2.36. The minimum absolute atomic E-state index is 0.0897. The predicted octanol–water partition coefficient (Wildman–Crippen LogP) is -0.478. The average Bonchev–Trinajstić information content (AvgIpc) is 2.27. The third-order valence-electron chi connectivity index (χ3n) is 1.95. The van der Waals surface area contributed by atoms with Crippen molar-refractivity contribution < 1.29 is 14.3 Å². The maximum Gasteiger partial charge on any atom is 0.242 e. The minimum atomic E-state index is 0.0897. The van der Waals surface area contributed by atoms with E-state index in [9.17, 15) is 9.59 Å². The maximum atomic E-state index is 10.7. The van der Waals surface area contributed by atoms with E-state index in [0.717, 1.165) is 6.29 Å². The molecule has 0 saturated heterocycles. The molecule has 1 heterocycles. The van der Waals surface area contributed by atoms with Crippen molar-refractivity contribution in [3.8, 4) is 0 Å². The van der Waals surface area contributed by atoms with Gasteiger partial charge in [0.05, 0.1) is 18.9 Å². The fourth-order valence-corrected chi connectivity index (χ4v) is 1.16. The first kappa shape index (κ1) is 12.2. The number of carbonyl (C=O) groups is 2.